The van der Waals surface area contributed by atoms with Crippen LogP contribution >= 0.6 is 0 Å². The van der Waals surface area contributed by atoms with Crippen LogP contribution in [0.3, 0.4) is 0 Å². The van der Waals surface area contributed by atoms with Gasteiger partial charge in [-0.3, -0.25) is 9.63 Å². The smallest absolute Gasteiger partial charge is 0.323 e. The first kappa shape index (κ1) is 7.50. The van der Waals surface area contributed by atoms with Crippen LogP contribution in [0, 0.1) is 0 Å². The summed E-state index contributed by atoms with van der Waals surface area (Å²) in [6, 6.07) is -0.403. The maximum absolute atomic E-state index is 10.3. The average molecular weight is 145 g/mol. The van der Waals surface area contributed by atoms with Gasteiger partial charge < -0.3 is 5.11 Å². The molecule has 4 nitrogen and oxygen atoms in total. The molecule has 1 heterocycles. The van der Waals surface area contributed by atoms with Crippen molar-refractivity contribution in [2.24, 2.45) is 0 Å². The lowest BCUT2D eigenvalue weighted by Gasteiger charge is -2.35. The van der Waals surface area contributed by atoms with Gasteiger partial charge in [-0.25, -0.2) is 0 Å². The van der Waals surface area contributed by atoms with Gasteiger partial charge in [0.05, 0.1) is 6.61 Å². The molecule has 0 radical (unpaired) electrons. The summed E-state index contributed by atoms with van der Waals surface area (Å²) in [6.07, 6.45) is 0.704. The predicted molar refractivity (Wildman–Crippen MR) is 34.4 cm³/mol. The molecule has 0 amide bonds. The van der Waals surface area contributed by atoms with Gasteiger partial charge in [-0.2, -0.15) is 5.06 Å². The monoisotopic (exact) mass is 145 g/mol. The Balaban J connectivity index is 2.28. The highest BCUT2D eigenvalue weighted by molar-refractivity contribution is 5.74. The fourth-order valence-electron chi connectivity index (χ4n) is 0.931. The van der Waals surface area contributed by atoms with E-state index in [0.29, 0.717) is 13.0 Å². The maximum atomic E-state index is 10.3. The molecular weight excluding hydrogens is 134 g/mol. The average Bonchev–Trinajstić information content (AvgIpc) is 1.78. The highest BCUT2D eigenvalue weighted by Crippen LogP contribution is 2.16. The van der Waals surface area contributed by atoms with Gasteiger partial charge in [0.25, 0.3) is 0 Å². The summed E-state index contributed by atoms with van der Waals surface area (Å²) in [4.78, 5) is 15.3. The second kappa shape index (κ2) is 2.98. The molecule has 0 aromatic carbocycles. The van der Waals surface area contributed by atoms with Crippen molar-refractivity contribution in [2.75, 3.05) is 13.2 Å². The number of carbonyl (C=O) groups is 1. The Morgan fingerprint density at radius 3 is 2.90 bits per heavy atom. The van der Waals surface area contributed by atoms with Crippen molar-refractivity contribution < 1.29 is 14.7 Å². The lowest BCUT2D eigenvalue weighted by Crippen LogP contribution is -2.51. The van der Waals surface area contributed by atoms with E-state index in [4.69, 9.17) is 9.94 Å². The third-order valence-corrected chi connectivity index (χ3v) is 1.55. The molecule has 0 saturated carbocycles. The summed E-state index contributed by atoms with van der Waals surface area (Å²) in [5, 5.41) is 10.0. The molecule has 0 spiro atoms. The predicted octanol–water partition coefficient (Wildman–Crippen LogP) is 0.0968. The molecule has 1 aliphatic rings. The van der Waals surface area contributed by atoms with Gasteiger partial charge in [0.1, 0.15) is 6.04 Å². The second-order valence-electron chi connectivity index (χ2n) is 2.20. The Bertz CT molecular complexity index is 137. The summed E-state index contributed by atoms with van der Waals surface area (Å²) < 4.78 is 0. The van der Waals surface area contributed by atoms with E-state index in [1.807, 2.05) is 6.92 Å². The van der Waals surface area contributed by atoms with E-state index in [-0.39, 0.29) is 0 Å². The van der Waals surface area contributed by atoms with Gasteiger partial charge in [-0.15, -0.1) is 0 Å². The Hall–Kier alpha value is -0.610. The van der Waals surface area contributed by atoms with E-state index in [1.165, 1.54) is 5.06 Å². The highest BCUT2D eigenvalue weighted by atomic mass is 16.7. The molecule has 1 unspecified atom stereocenters. The molecule has 1 saturated heterocycles. The molecule has 1 atom stereocenters. The molecule has 10 heavy (non-hydrogen) atoms. The van der Waals surface area contributed by atoms with E-state index in [0.717, 1.165) is 6.54 Å². The molecule has 1 aliphatic heterocycles. The Kier molecular flexibility index (Phi) is 2.24. The van der Waals surface area contributed by atoms with Crippen molar-refractivity contribution in [3.05, 3.63) is 0 Å². The number of nitrogens with zero attached hydrogens (tertiary/aromatic N) is 1. The molecule has 0 aromatic heterocycles. The van der Waals surface area contributed by atoms with Crippen molar-refractivity contribution in [1.82, 2.24) is 5.06 Å². The first-order chi connectivity index (χ1) is 4.75. The van der Waals surface area contributed by atoms with Crippen molar-refractivity contribution in [1.29, 1.82) is 0 Å². The number of hydrogen-bond donors (Lipinski definition) is 1. The van der Waals surface area contributed by atoms with Crippen molar-refractivity contribution in [2.45, 2.75) is 19.4 Å². The molecule has 0 aromatic rings. The zero-order valence-electron chi connectivity index (χ0n) is 5.91. The summed E-state index contributed by atoms with van der Waals surface area (Å²) in [5.74, 6) is -0.792. The normalized spacial score (nSPS) is 25.9. The minimum atomic E-state index is -0.792. The van der Waals surface area contributed by atoms with Gasteiger partial charge >= 0.3 is 5.97 Å². The lowest BCUT2D eigenvalue weighted by atomic mass is 10.1. The van der Waals surface area contributed by atoms with Crippen LogP contribution < -0.4 is 0 Å². The first-order valence-electron chi connectivity index (χ1n) is 3.38. The fourth-order valence-corrected chi connectivity index (χ4v) is 0.931. The van der Waals surface area contributed by atoms with Gasteiger partial charge in [0.2, 0.25) is 0 Å². The van der Waals surface area contributed by atoms with Gasteiger partial charge in [0.15, 0.2) is 0 Å². The topological polar surface area (TPSA) is 49.8 Å². The summed E-state index contributed by atoms with van der Waals surface area (Å²) in [5.41, 5.74) is 0. The zero-order valence-corrected chi connectivity index (χ0v) is 5.91. The van der Waals surface area contributed by atoms with Crippen LogP contribution in [0.2, 0.25) is 0 Å². The number of aliphatic carboxylic acids is 1. The Morgan fingerprint density at radius 2 is 2.60 bits per heavy atom. The van der Waals surface area contributed by atoms with Gasteiger partial charge in [-0.1, -0.05) is 0 Å². The molecule has 0 bridgehead atoms. The lowest BCUT2D eigenvalue weighted by molar-refractivity contribution is -0.232. The highest BCUT2D eigenvalue weighted by Gasteiger charge is 2.34. The summed E-state index contributed by atoms with van der Waals surface area (Å²) in [6.45, 7) is 3.13. The molecular formula is C6H11NO3. The van der Waals surface area contributed by atoms with E-state index in [2.05, 4.69) is 0 Å². The first-order valence-corrected chi connectivity index (χ1v) is 3.38. The van der Waals surface area contributed by atoms with Gasteiger partial charge in [0, 0.05) is 6.54 Å². The SMILES string of the molecule is CCON1CCC1C(=O)O. The minimum Gasteiger partial charge on any atom is -0.480 e. The standard InChI is InChI=1S/C6H11NO3/c1-2-10-7-4-3-5(7)6(8)9/h5H,2-4H2,1H3,(H,8,9). The molecule has 4 heteroatoms. The van der Waals surface area contributed by atoms with Crippen LogP contribution in [-0.4, -0.2) is 35.3 Å². The third-order valence-electron chi connectivity index (χ3n) is 1.55. The fraction of sp³-hybridized carbons (Fsp3) is 0.833. The number of hydrogen-bond acceptors (Lipinski definition) is 3. The number of hydroxylamine groups is 2. The number of rotatable bonds is 3. The van der Waals surface area contributed by atoms with Crippen LogP contribution in [0.1, 0.15) is 13.3 Å². The molecule has 58 valence electrons. The van der Waals surface area contributed by atoms with Crippen LogP contribution in [0.5, 0.6) is 0 Å². The summed E-state index contributed by atoms with van der Waals surface area (Å²) in [7, 11) is 0. The quantitative estimate of drug-likeness (QED) is 0.611. The number of carboxylic acid groups (broad SMARTS) is 1. The zero-order chi connectivity index (χ0) is 7.56. The van der Waals surface area contributed by atoms with Crippen LogP contribution in [0.25, 0.3) is 0 Å². The minimum absolute atomic E-state index is 0.403. The molecule has 1 rings (SSSR count). The van der Waals surface area contributed by atoms with E-state index in [9.17, 15) is 4.79 Å². The maximum Gasteiger partial charge on any atom is 0.323 e. The van der Waals surface area contributed by atoms with Crippen molar-refractivity contribution in [3.8, 4) is 0 Å². The van der Waals surface area contributed by atoms with E-state index < -0.39 is 12.0 Å². The number of carboxylic acids is 1. The molecule has 1 N–H and O–H groups in total. The second-order valence-corrected chi connectivity index (χ2v) is 2.20. The van der Waals surface area contributed by atoms with E-state index in [1.54, 1.807) is 0 Å². The van der Waals surface area contributed by atoms with Crippen LogP contribution in [0.4, 0.5) is 0 Å². The third kappa shape index (κ3) is 1.27. The van der Waals surface area contributed by atoms with Crippen molar-refractivity contribution >= 4 is 5.97 Å². The Morgan fingerprint density at radius 1 is 1.90 bits per heavy atom. The summed E-state index contributed by atoms with van der Waals surface area (Å²) >= 11 is 0. The van der Waals surface area contributed by atoms with Gasteiger partial charge in [-0.05, 0) is 13.3 Å². The van der Waals surface area contributed by atoms with Crippen molar-refractivity contribution in [3.63, 3.8) is 0 Å². The Labute approximate surface area is 59.3 Å². The molecule has 1 fully saturated rings. The largest absolute Gasteiger partial charge is 0.480 e. The van der Waals surface area contributed by atoms with E-state index >= 15 is 0 Å². The van der Waals surface area contributed by atoms with Crippen LogP contribution in [-0.2, 0) is 9.63 Å². The van der Waals surface area contributed by atoms with Crippen LogP contribution in [0.15, 0.2) is 0 Å². The molecule has 0 aliphatic carbocycles.